The van der Waals surface area contributed by atoms with Crippen molar-refractivity contribution in [2.45, 2.75) is 13.3 Å². The van der Waals surface area contributed by atoms with Crippen LogP contribution in [-0.4, -0.2) is 23.9 Å². The Kier molecular flexibility index (Phi) is 4.11. The van der Waals surface area contributed by atoms with E-state index in [0.717, 1.165) is 29.5 Å². The Balaban J connectivity index is 1.56. The molecule has 1 saturated heterocycles. The van der Waals surface area contributed by atoms with Crippen molar-refractivity contribution in [3.8, 4) is 0 Å². The fraction of sp³-hybridized carbons (Fsp3) is 0.278. The van der Waals surface area contributed by atoms with Gasteiger partial charge >= 0.3 is 0 Å². The van der Waals surface area contributed by atoms with Crippen LogP contribution in [0.15, 0.2) is 53.0 Å². The summed E-state index contributed by atoms with van der Waals surface area (Å²) in [5.74, 6) is 0.731. The van der Waals surface area contributed by atoms with Gasteiger partial charge in [-0.3, -0.25) is 4.79 Å². The molecular weight excluding hydrogens is 326 g/mol. The number of benzene rings is 2. The van der Waals surface area contributed by atoms with Crippen molar-refractivity contribution in [2.24, 2.45) is 5.92 Å². The van der Waals surface area contributed by atoms with Gasteiger partial charge in [0.25, 0.3) is 5.91 Å². The molecule has 1 amide bonds. The number of likely N-dealkylation sites (tertiary alicyclic amines) is 1. The molecule has 0 saturated carbocycles. The highest BCUT2D eigenvalue weighted by atomic mass is 79.9. The number of hydrogen-bond acceptors (Lipinski definition) is 1. The van der Waals surface area contributed by atoms with Crippen LogP contribution < -0.4 is 0 Å². The number of carbonyl (C=O) groups excluding carboxylic acids is 1. The molecule has 21 heavy (non-hydrogen) atoms. The molecule has 2 aromatic rings. The summed E-state index contributed by atoms with van der Waals surface area (Å²) in [7, 11) is 0. The molecule has 0 aliphatic carbocycles. The summed E-state index contributed by atoms with van der Waals surface area (Å²) in [6, 6.07) is 16.2. The summed E-state index contributed by atoms with van der Waals surface area (Å²) in [5.41, 5.74) is 3.31. The summed E-state index contributed by atoms with van der Waals surface area (Å²) in [6.45, 7) is 3.75. The minimum Gasteiger partial charge on any atom is -0.338 e. The normalized spacial score (nSPS) is 14.9. The third-order valence-electron chi connectivity index (χ3n) is 3.96. The minimum atomic E-state index is 0.153. The maximum absolute atomic E-state index is 12.3. The quantitative estimate of drug-likeness (QED) is 0.822. The third kappa shape index (κ3) is 3.35. The molecule has 1 aliphatic rings. The number of rotatable bonds is 3. The van der Waals surface area contributed by atoms with Gasteiger partial charge in [-0.25, -0.2) is 0 Å². The zero-order valence-electron chi connectivity index (χ0n) is 12.1. The molecule has 0 atom stereocenters. The minimum absolute atomic E-state index is 0.153. The molecule has 0 unspecified atom stereocenters. The Morgan fingerprint density at radius 2 is 1.90 bits per heavy atom. The molecule has 1 heterocycles. The van der Waals surface area contributed by atoms with Gasteiger partial charge in [-0.05, 0) is 49.1 Å². The number of nitrogens with zero attached hydrogens (tertiary/aromatic N) is 1. The smallest absolute Gasteiger partial charge is 0.253 e. The van der Waals surface area contributed by atoms with Gasteiger partial charge < -0.3 is 4.90 Å². The first kappa shape index (κ1) is 14.3. The van der Waals surface area contributed by atoms with Crippen molar-refractivity contribution in [2.75, 3.05) is 13.1 Å². The van der Waals surface area contributed by atoms with Crippen LogP contribution in [0.2, 0.25) is 0 Å². The Morgan fingerprint density at radius 1 is 1.19 bits per heavy atom. The van der Waals surface area contributed by atoms with Crippen molar-refractivity contribution in [1.29, 1.82) is 0 Å². The lowest BCUT2D eigenvalue weighted by atomic mass is 9.91. The number of aryl methyl sites for hydroxylation is 1. The van der Waals surface area contributed by atoms with Gasteiger partial charge in [0.2, 0.25) is 0 Å². The highest BCUT2D eigenvalue weighted by molar-refractivity contribution is 9.10. The first-order valence-electron chi connectivity index (χ1n) is 7.22. The number of hydrogen-bond donors (Lipinski definition) is 0. The Morgan fingerprint density at radius 3 is 2.57 bits per heavy atom. The predicted octanol–water partition coefficient (Wildman–Crippen LogP) is 4.07. The summed E-state index contributed by atoms with van der Waals surface area (Å²) in [5, 5.41) is 0. The second-order valence-electron chi connectivity index (χ2n) is 5.78. The molecule has 108 valence electrons. The molecule has 0 aromatic heterocycles. The van der Waals surface area contributed by atoms with Crippen molar-refractivity contribution < 1.29 is 4.79 Å². The lowest BCUT2D eigenvalue weighted by Gasteiger charge is -2.39. The van der Waals surface area contributed by atoms with Gasteiger partial charge in [0.1, 0.15) is 0 Å². The zero-order chi connectivity index (χ0) is 14.8. The van der Waals surface area contributed by atoms with E-state index >= 15 is 0 Å². The first-order chi connectivity index (χ1) is 10.1. The average Bonchev–Trinajstić information content (AvgIpc) is 2.42. The van der Waals surface area contributed by atoms with Crippen molar-refractivity contribution in [3.05, 3.63) is 69.7 Å². The summed E-state index contributed by atoms with van der Waals surface area (Å²) >= 11 is 3.50. The molecule has 0 radical (unpaired) electrons. The lowest BCUT2D eigenvalue weighted by molar-refractivity contribution is 0.0501. The summed E-state index contributed by atoms with van der Waals surface area (Å²) in [6.07, 6.45) is 1.04. The second kappa shape index (κ2) is 6.02. The van der Waals surface area contributed by atoms with Crippen molar-refractivity contribution in [3.63, 3.8) is 0 Å². The molecule has 0 N–H and O–H groups in total. The van der Waals surface area contributed by atoms with Gasteiger partial charge in [-0.15, -0.1) is 0 Å². The lowest BCUT2D eigenvalue weighted by Crippen LogP contribution is -2.50. The third-order valence-corrected chi connectivity index (χ3v) is 4.45. The van der Waals surface area contributed by atoms with Gasteiger partial charge in [0, 0.05) is 23.1 Å². The number of halogens is 1. The highest BCUT2D eigenvalue weighted by Crippen LogP contribution is 2.24. The summed E-state index contributed by atoms with van der Waals surface area (Å²) in [4.78, 5) is 14.2. The molecule has 0 bridgehead atoms. The maximum atomic E-state index is 12.3. The molecular formula is C18H18BrNO. The van der Waals surface area contributed by atoms with Gasteiger partial charge in [0.05, 0.1) is 0 Å². The molecule has 3 rings (SSSR count). The topological polar surface area (TPSA) is 20.3 Å². The van der Waals surface area contributed by atoms with E-state index in [4.69, 9.17) is 0 Å². The van der Waals surface area contributed by atoms with E-state index < -0.39 is 0 Å². The van der Waals surface area contributed by atoms with E-state index in [0.29, 0.717) is 5.92 Å². The van der Waals surface area contributed by atoms with Crippen LogP contribution in [0.4, 0.5) is 0 Å². The highest BCUT2D eigenvalue weighted by Gasteiger charge is 2.31. The van der Waals surface area contributed by atoms with E-state index in [1.807, 2.05) is 42.2 Å². The zero-order valence-corrected chi connectivity index (χ0v) is 13.6. The van der Waals surface area contributed by atoms with E-state index in [1.165, 1.54) is 11.1 Å². The van der Waals surface area contributed by atoms with Gasteiger partial charge in [0.15, 0.2) is 0 Å². The maximum Gasteiger partial charge on any atom is 0.253 e. The van der Waals surface area contributed by atoms with Gasteiger partial charge in [-0.1, -0.05) is 45.8 Å². The first-order valence-corrected chi connectivity index (χ1v) is 8.01. The van der Waals surface area contributed by atoms with Crippen LogP contribution in [0.5, 0.6) is 0 Å². The molecule has 1 fully saturated rings. The van der Waals surface area contributed by atoms with E-state index in [1.54, 1.807) is 0 Å². The van der Waals surface area contributed by atoms with E-state index in [-0.39, 0.29) is 5.91 Å². The Hall–Kier alpha value is -1.61. The SMILES string of the molecule is Cc1ccc(C(=O)N2CC(Cc3cccc(Br)c3)C2)cc1. The second-order valence-corrected chi connectivity index (χ2v) is 6.69. The molecule has 3 heteroatoms. The van der Waals surface area contributed by atoms with Crippen LogP contribution in [-0.2, 0) is 6.42 Å². The molecule has 2 nitrogen and oxygen atoms in total. The van der Waals surface area contributed by atoms with Crippen LogP contribution in [0.1, 0.15) is 21.5 Å². The number of carbonyl (C=O) groups is 1. The van der Waals surface area contributed by atoms with Crippen molar-refractivity contribution in [1.82, 2.24) is 4.90 Å². The predicted molar refractivity (Wildman–Crippen MR) is 88.4 cm³/mol. The summed E-state index contributed by atoms with van der Waals surface area (Å²) < 4.78 is 1.12. The molecule has 1 aliphatic heterocycles. The van der Waals surface area contributed by atoms with Crippen LogP contribution >= 0.6 is 15.9 Å². The van der Waals surface area contributed by atoms with Crippen LogP contribution in [0.3, 0.4) is 0 Å². The monoisotopic (exact) mass is 343 g/mol. The number of amides is 1. The Labute approximate surface area is 133 Å². The van der Waals surface area contributed by atoms with E-state index in [9.17, 15) is 4.79 Å². The Bertz CT molecular complexity index is 645. The largest absolute Gasteiger partial charge is 0.338 e. The molecule has 2 aromatic carbocycles. The fourth-order valence-electron chi connectivity index (χ4n) is 2.74. The van der Waals surface area contributed by atoms with Crippen molar-refractivity contribution >= 4 is 21.8 Å². The molecule has 0 spiro atoms. The van der Waals surface area contributed by atoms with Crippen LogP contribution in [0, 0.1) is 12.8 Å². The fourth-order valence-corrected chi connectivity index (χ4v) is 3.19. The standard InChI is InChI=1S/C18H18BrNO/c1-13-5-7-16(8-6-13)18(21)20-11-15(12-20)9-14-3-2-4-17(19)10-14/h2-8,10,15H,9,11-12H2,1H3. The average molecular weight is 344 g/mol. The van der Waals surface area contributed by atoms with Crippen LogP contribution in [0.25, 0.3) is 0 Å². The van der Waals surface area contributed by atoms with Gasteiger partial charge in [-0.2, -0.15) is 0 Å². The van der Waals surface area contributed by atoms with E-state index in [2.05, 4.69) is 34.1 Å².